The van der Waals surface area contributed by atoms with Gasteiger partial charge in [0.2, 0.25) is 0 Å². The van der Waals surface area contributed by atoms with Gasteiger partial charge in [-0.3, -0.25) is 0 Å². The zero-order chi connectivity index (χ0) is 10.3. The van der Waals surface area contributed by atoms with E-state index in [2.05, 4.69) is 13.8 Å². The van der Waals surface area contributed by atoms with Crippen molar-refractivity contribution in [3.8, 4) is 0 Å². The van der Waals surface area contributed by atoms with Gasteiger partial charge in [-0.2, -0.15) is 0 Å². The SMILES string of the molecule is CCCCC[Si]1(CCCCC)CCC1. The molecule has 1 rings (SSSR count). The molecule has 0 amide bonds. The van der Waals surface area contributed by atoms with Crippen LogP contribution in [0.4, 0.5) is 0 Å². The smallest absolute Gasteiger partial charge is 0.0535 e. The Kier molecular flexibility index (Phi) is 5.84. The average molecular weight is 212 g/mol. The largest absolute Gasteiger partial charge is 0.0654 e. The van der Waals surface area contributed by atoms with E-state index in [-0.39, 0.29) is 0 Å². The summed E-state index contributed by atoms with van der Waals surface area (Å²) in [5, 5.41) is 0. The molecule has 0 spiro atoms. The number of hydrogen-bond acceptors (Lipinski definition) is 0. The van der Waals surface area contributed by atoms with Crippen molar-refractivity contribution >= 4 is 8.07 Å². The number of hydrogen-bond donors (Lipinski definition) is 0. The molecule has 0 N–H and O–H groups in total. The zero-order valence-electron chi connectivity index (χ0n) is 10.3. The summed E-state index contributed by atoms with van der Waals surface area (Å²) < 4.78 is 0. The van der Waals surface area contributed by atoms with Gasteiger partial charge < -0.3 is 0 Å². The molecule has 0 aromatic rings. The number of rotatable bonds is 8. The van der Waals surface area contributed by atoms with Crippen LogP contribution in [0.15, 0.2) is 0 Å². The molecule has 84 valence electrons. The normalized spacial score (nSPS) is 19.3. The molecule has 0 bridgehead atoms. The standard InChI is InChI=1S/C13H28Si/c1-3-5-7-10-14(12-9-13-14)11-8-6-4-2/h3-13H2,1-2H3. The van der Waals surface area contributed by atoms with Crippen molar-refractivity contribution in [1.29, 1.82) is 0 Å². The monoisotopic (exact) mass is 212 g/mol. The van der Waals surface area contributed by atoms with Crippen molar-refractivity contribution in [2.24, 2.45) is 0 Å². The molecule has 0 saturated carbocycles. The number of unbranched alkanes of at least 4 members (excludes halogenated alkanes) is 4. The van der Waals surface area contributed by atoms with Crippen molar-refractivity contribution in [2.45, 2.75) is 83.0 Å². The van der Waals surface area contributed by atoms with Crippen LogP contribution in [0.5, 0.6) is 0 Å². The maximum Gasteiger partial charge on any atom is 0.0535 e. The van der Waals surface area contributed by atoms with Crippen LogP contribution >= 0.6 is 0 Å². The highest BCUT2D eigenvalue weighted by atomic mass is 28.3. The van der Waals surface area contributed by atoms with E-state index in [1.165, 1.54) is 25.7 Å². The van der Waals surface area contributed by atoms with Crippen LogP contribution in [0.25, 0.3) is 0 Å². The highest BCUT2D eigenvalue weighted by molar-refractivity contribution is 6.82. The summed E-state index contributed by atoms with van der Waals surface area (Å²) in [6.45, 7) is 4.65. The molecule has 14 heavy (non-hydrogen) atoms. The first-order chi connectivity index (χ1) is 6.83. The lowest BCUT2D eigenvalue weighted by atomic mass is 10.3. The van der Waals surface area contributed by atoms with Gasteiger partial charge in [-0.25, -0.2) is 0 Å². The molecule has 0 nitrogen and oxygen atoms in total. The second-order valence-electron chi connectivity index (χ2n) is 5.27. The van der Waals surface area contributed by atoms with E-state index in [0.29, 0.717) is 0 Å². The van der Waals surface area contributed by atoms with E-state index >= 15 is 0 Å². The van der Waals surface area contributed by atoms with Gasteiger partial charge in [-0.15, -0.1) is 0 Å². The van der Waals surface area contributed by atoms with Crippen LogP contribution in [-0.2, 0) is 0 Å². The maximum atomic E-state index is 2.33. The van der Waals surface area contributed by atoms with E-state index in [1.807, 2.05) is 0 Å². The van der Waals surface area contributed by atoms with E-state index in [0.717, 1.165) is 0 Å². The molecule has 0 atom stereocenters. The Balaban J connectivity index is 2.13. The highest BCUT2D eigenvalue weighted by Crippen LogP contribution is 2.41. The minimum atomic E-state index is -0.617. The summed E-state index contributed by atoms with van der Waals surface area (Å²) >= 11 is 0. The van der Waals surface area contributed by atoms with Crippen LogP contribution in [0.3, 0.4) is 0 Å². The molecule has 0 unspecified atom stereocenters. The third-order valence-electron chi connectivity index (χ3n) is 4.04. The summed E-state index contributed by atoms with van der Waals surface area (Å²) in [7, 11) is -0.617. The maximum absolute atomic E-state index is 2.33. The van der Waals surface area contributed by atoms with Gasteiger partial charge in [0.15, 0.2) is 0 Å². The van der Waals surface area contributed by atoms with Crippen molar-refractivity contribution in [3.63, 3.8) is 0 Å². The fourth-order valence-electron chi connectivity index (χ4n) is 2.80. The van der Waals surface area contributed by atoms with E-state index in [4.69, 9.17) is 0 Å². The fraction of sp³-hybridized carbons (Fsp3) is 1.00. The molecular formula is C13H28Si. The predicted molar refractivity (Wildman–Crippen MR) is 68.6 cm³/mol. The van der Waals surface area contributed by atoms with E-state index in [1.54, 1.807) is 43.4 Å². The van der Waals surface area contributed by atoms with Gasteiger partial charge in [0.1, 0.15) is 0 Å². The van der Waals surface area contributed by atoms with Crippen LogP contribution in [0.1, 0.15) is 58.8 Å². The second-order valence-corrected chi connectivity index (χ2v) is 10.3. The molecule has 1 heterocycles. The fourth-order valence-corrected chi connectivity index (χ4v) is 7.41. The Morgan fingerprint density at radius 1 is 0.786 bits per heavy atom. The summed E-state index contributed by atoms with van der Waals surface area (Å²) in [4.78, 5) is 0. The lowest BCUT2D eigenvalue weighted by molar-refractivity contribution is 0.706. The second kappa shape index (κ2) is 6.65. The summed E-state index contributed by atoms with van der Waals surface area (Å²) in [6, 6.07) is 6.70. The Morgan fingerprint density at radius 3 is 1.57 bits per heavy atom. The van der Waals surface area contributed by atoms with Crippen LogP contribution in [0.2, 0.25) is 24.2 Å². The van der Waals surface area contributed by atoms with Crippen molar-refractivity contribution in [2.75, 3.05) is 0 Å². The van der Waals surface area contributed by atoms with Gasteiger partial charge in [0.05, 0.1) is 8.07 Å². The minimum Gasteiger partial charge on any atom is -0.0654 e. The molecule has 1 aliphatic rings. The first-order valence-electron chi connectivity index (χ1n) is 6.83. The molecule has 1 heteroatoms. The minimum absolute atomic E-state index is 0.617. The molecule has 0 aromatic heterocycles. The lowest BCUT2D eigenvalue weighted by Crippen LogP contribution is -2.40. The molecule has 1 saturated heterocycles. The Labute approximate surface area is 91.5 Å². The quantitative estimate of drug-likeness (QED) is 0.382. The first kappa shape index (κ1) is 12.3. The zero-order valence-corrected chi connectivity index (χ0v) is 11.3. The molecule has 0 aliphatic carbocycles. The molecule has 0 aromatic carbocycles. The Morgan fingerprint density at radius 2 is 1.29 bits per heavy atom. The molecule has 0 radical (unpaired) electrons. The summed E-state index contributed by atoms with van der Waals surface area (Å²) in [6.07, 6.45) is 10.5. The summed E-state index contributed by atoms with van der Waals surface area (Å²) in [5.41, 5.74) is 0. The Bertz CT molecular complexity index is 126. The van der Waals surface area contributed by atoms with Crippen molar-refractivity contribution in [3.05, 3.63) is 0 Å². The van der Waals surface area contributed by atoms with Crippen LogP contribution in [-0.4, -0.2) is 8.07 Å². The van der Waals surface area contributed by atoms with Crippen molar-refractivity contribution < 1.29 is 0 Å². The average Bonchev–Trinajstić information content (AvgIpc) is 2.13. The van der Waals surface area contributed by atoms with Crippen LogP contribution in [0, 0.1) is 0 Å². The van der Waals surface area contributed by atoms with E-state index in [9.17, 15) is 0 Å². The first-order valence-corrected chi connectivity index (χ1v) is 9.66. The van der Waals surface area contributed by atoms with Gasteiger partial charge in [0.25, 0.3) is 0 Å². The van der Waals surface area contributed by atoms with Crippen LogP contribution < -0.4 is 0 Å². The predicted octanol–water partition coefficient (Wildman–Crippen LogP) is 5.22. The topological polar surface area (TPSA) is 0 Å². The van der Waals surface area contributed by atoms with Crippen molar-refractivity contribution in [1.82, 2.24) is 0 Å². The highest BCUT2D eigenvalue weighted by Gasteiger charge is 2.37. The van der Waals surface area contributed by atoms with Gasteiger partial charge in [0, 0.05) is 0 Å². The Hall–Kier alpha value is 0.217. The summed E-state index contributed by atoms with van der Waals surface area (Å²) in [5.74, 6) is 0. The molecule has 1 aliphatic heterocycles. The van der Waals surface area contributed by atoms with Gasteiger partial charge >= 0.3 is 0 Å². The third kappa shape index (κ3) is 3.76. The lowest BCUT2D eigenvalue weighted by Gasteiger charge is -2.40. The van der Waals surface area contributed by atoms with E-state index < -0.39 is 8.07 Å². The third-order valence-corrected chi connectivity index (χ3v) is 9.69. The van der Waals surface area contributed by atoms with Gasteiger partial charge in [-0.1, -0.05) is 83.0 Å². The molecular weight excluding hydrogens is 184 g/mol. The molecule has 1 fully saturated rings. The van der Waals surface area contributed by atoms with Gasteiger partial charge in [-0.05, 0) is 0 Å².